The molecule has 0 saturated heterocycles. The second-order valence-corrected chi connectivity index (χ2v) is 8.53. The van der Waals surface area contributed by atoms with E-state index in [4.69, 9.17) is 11.6 Å². The van der Waals surface area contributed by atoms with Gasteiger partial charge in [-0.2, -0.15) is 0 Å². The summed E-state index contributed by atoms with van der Waals surface area (Å²) in [6.45, 7) is 7.72. The molecule has 0 atom stereocenters. The second kappa shape index (κ2) is 6.98. The normalized spacial score (nSPS) is 11.5. The Balaban J connectivity index is 1.96. The van der Waals surface area contributed by atoms with Crippen molar-refractivity contribution >= 4 is 51.3 Å². The highest BCUT2D eigenvalue weighted by atomic mass is 35.5. The number of aryl methyl sites for hydroxylation is 1. The number of rotatable bonds is 5. The first-order chi connectivity index (χ1) is 10.3. The smallest absolute Gasteiger partial charge is 0.210 e. The topological polar surface area (TPSA) is 54.9 Å². The first-order valence-electron chi connectivity index (χ1n) is 6.78. The average Bonchev–Trinajstić information content (AvgIpc) is 2.87. The minimum atomic E-state index is -0.322. The van der Waals surface area contributed by atoms with Crippen LogP contribution in [0.25, 0.3) is 0 Å². The molecule has 7 heteroatoms. The molecular weight excluding hydrogens is 338 g/mol. The van der Waals surface area contributed by atoms with Crippen molar-refractivity contribution in [3.63, 3.8) is 0 Å². The summed E-state index contributed by atoms with van der Waals surface area (Å²) in [6, 6.07) is 5.75. The summed E-state index contributed by atoms with van der Waals surface area (Å²) in [7, 11) is 0. The Bertz CT molecular complexity index is 680. The van der Waals surface area contributed by atoms with Crippen molar-refractivity contribution in [3.05, 3.63) is 28.8 Å². The quantitative estimate of drug-likeness (QED) is 0.769. The molecule has 0 spiro atoms. The van der Waals surface area contributed by atoms with E-state index in [9.17, 15) is 4.79 Å². The van der Waals surface area contributed by atoms with Crippen molar-refractivity contribution < 1.29 is 4.79 Å². The Labute approximate surface area is 143 Å². The third-order valence-electron chi connectivity index (χ3n) is 2.99. The lowest BCUT2D eigenvalue weighted by atomic mass is 9.92. The number of carbonyl (C=O) groups excluding carboxylic acids is 1. The summed E-state index contributed by atoms with van der Waals surface area (Å²) in [6.07, 6.45) is 0. The maximum absolute atomic E-state index is 11.9. The number of nitrogens with one attached hydrogen (secondary N) is 1. The van der Waals surface area contributed by atoms with Gasteiger partial charge in [-0.3, -0.25) is 4.79 Å². The lowest BCUT2D eigenvalue weighted by Crippen LogP contribution is -2.21. The van der Waals surface area contributed by atoms with Crippen molar-refractivity contribution in [2.75, 3.05) is 11.1 Å². The predicted octanol–water partition coefficient (Wildman–Crippen LogP) is 4.95. The van der Waals surface area contributed by atoms with E-state index in [1.165, 1.54) is 23.1 Å². The number of nitrogens with zero attached hydrogens (tertiary/aromatic N) is 2. The Hall–Kier alpha value is -1.11. The molecule has 22 heavy (non-hydrogen) atoms. The van der Waals surface area contributed by atoms with E-state index in [0.717, 1.165) is 15.6 Å². The van der Waals surface area contributed by atoms with Gasteiger partial charge in [0.15, 0.2) is 4.34 Å². The summed E-state index contributed by atoms with van der Waals surface area (Å²) in [5.74, 6) is 0.613. The van der Waals surface area contributed by atoms with Crippen LogP contribution in [0.1, 0.15) is 26.3 Å². The molecule has 4 nitrogen and oxygen atoms in total. The van der Waals surface area contributed by atoms with Crippen LogP contribution < -0.4 is 5.32 Å². The van der Waals surface area contributed by atoms with E-state index >= 15 is 0 Å². The minimum absolute atomic E-state index is 0.201. The number of anilines is 2. The lowest BCUT2D eigenvalue weighted by Gasteiger charge is -2.15. The fourth-order valence-electron chi connectivity index (χ4n) is 1.46. The molecule has 0 bridgehead atoms. The van der Waals surface area contributed by atoms with Crippen molar-refractivity contribution in [2.24, 2.45) is 5.41 Å². The molecule has 0 aliphatic rings. The molecule has 1 heterocycles. The van der Waals surface area contributed by atoms with Crippen LogP contribution in [0.3, 0.4) is 0 Å². The molecule has 0 saturated carbocycles. The molecule has 1 N–H and O–H groups in total. The van der Waals surface area contributed by atoms with Crippen LogP contribution in [-0.2, 0) is 4.79 Å². The molecule has 0 amide bonds. The van der Waals surface area contributed by atoms with Gasteiger partial charge in [0.2, 0.25) is 5.13 Å². The van der Waals surface area contributed by atoms with Gasteiger partial charge in [-0.25, -0.2) is 0 Å². The van der Waals surface area contributed by atoms with E-state index in [-0.39, 0.29) is 11.2 Å². The van der Waals surface area contributed by atoms with Crippen molar-refractivity contribution in [3.8, 4) is 0 Å². The number of hydrogen-bond donors (Lipinski definition) is 1. The van der Waals surface area contributed by atoms with Crippen LogP contribution in [0.5, 0.6) is 0 Å². The van der Waals surface area contributed by atoms with Gasteiger partial charge in [-0.15, -0.1) is 10.2 Å². The molecule has 0 aliphatic carbocycles. The Morgan fingerprint density at radius 3 is 2.73 bits per heavy atom. The summed E-state index contributed by atoms with van der Waals surface area (Å²) in [4.78, 5) is 11.9. The van der Waals surface area contributed by atoms with Crippen LogP contribution in [0, 0.1) is 12.3 Å². The Kier molecular flexibility index (Phi) is 5.47. The van der Waals surface area contributed by atoms with Crippen LogP contribution in [0.2, 0.25) is 5.02 Å². The van der Waals surface area contributed by atoms with Crippen molar-refractivity contribution in [2.45, 2.75) is 32.0 Å². The fourth-order valence-corrected chi connectivity index (χ4v) is 3.57. The number of thioether (sulfide) groups is 1. The van der Waals surface area contributed by atoms with Gasteiger partial charge in [-0.1, -0.05) is 61.5 Å². The fraction of sp³-hybridized carbons (Fsp3) is 0.400. The standard InChI is InChI=1S/C15H18ClN3OS2/c1-9-5-6-10(7-11(9)16)17-13-18-19-14(22-13)21-8-12(20)15(2,3)4/h5-7H,8H2,1-4H3,(H,17,18). The Morgan fingerprint density at radius 2 is 2.09 bits per heavy atom. The SMILES string of the molecule is Cc1ccc(Nc2nnc(SCC(=O)C(C)(C)C)s2)cc1Cl. The largest absolute Gasteiger partial charge is 0.330 e. The van der Waals surface area contributed by atoms with E-state index in [1.807, 2.05) is 45.9 Å². The lowest BCUT2D eigenvalue weighted by molar-refractivity contribution is -0.123. The van der Waals surface area contributed by atoms with E-state index in [1.54, 1.807) is 0 Å². The van der Waals surface area contributed by atoms with Crippen molar-refractivity contribution in [1.29, 1.82) is 0 Å². The highest BCUT2D eigenvalue weighted by molar-refractivity contribution is 8.01. The van der Waals surface area contributed by atoms with Gasteiger partial charge in [0.25, 0.3) is 0 Å². The zero-order valence-electron chi connectivity index (χ0n) is 12.9. The number of Topliss-reactive ketones (excluding diaryl/α,β-unsaturated/α-hetero) is 1. The first-order valence-corrected chi connectivity index (χ1v) is 8.96. The maximum atomic E-state index is 11.9. The minimum Gasteiger partial charge on any atom is -0.330 e. The molecule has 2 rings (SSSR count). The summed E-state index contributed by atoms with van der Waals surface area (Å²) < 4.78 is 0.776. The van der Waals surface area contributed by atoms with Crippen molar-refractivity contribution in [1.82, 2.24) is 10.2 Å². The van der Waals surface area contributed by atoms with Gasteiger partial charge >= 0.3 is 0 Å². The summed E-state index contributed by atoms with van der Waals surface area (Å²) in [5, 5.41) is 12.7. The molecule has 0 fully saturated rings. The van der Waals surface area contributed by atoms with Gasteiger partial charge in [-0.05, 0) is 24.6 Å². The van der Waals surface area contributed by atoms with E-state index in [2.05, 4.69) is 15.5 Å². The molecule has 0 unspecified atom stereocenters. The number of halogens is 1. The summed E-state index contributed by atoms with van der Waals surface area (Å²) >= 11 is 8.94. The summed E-state index contributed by atoms with van der Waals surface area (Å²) in [5.41, 5.74) is 1.58. The van der Waals surface area contributed by atoms with E-state index < -0.39 is 0 Å². The monoisotopic (exact) mass is 355 g/mol. The molecular formula is C15H18ClN3OS2. The van der Waals surface area contributed by atoms with Gasteiger partial charge in [0.05, 0.1) is 5.75 Å². The third kappa shape index (κ3) is 4.69. The zero-order valence-corrected chi connectivity index (χ0v) is 15.3. The second-order valence-electron chi connectivity index (χ2n) is 5.92. The van der Waals surface area contributed by atoms with Crippen LogP contribution >= 0.6 is 34.7 Å². The predicted molar refractivity (Wildman–Crippen MR) is 94.6 cm³/mol. The maximum Gasteiger partial charge on any atom is 0.210 e. The number of benzene rings is 1. The molecule has 118 valence electrons. The molecule has 1 aromatic heterocycles. The third-order valence-corrected chi connectivity index (χ3v) is 5.37. The highest BCUT2D eigenvalue weighted by Crippen LogP contribution is 2.30. The van der Waals surface area contributed by atoms with E-state index in [0.29, 0.717) is 15.9 Å². The molecule has 0 aliphatic heterocycles. The Morgan fingerprint density at radius 1 is 1.36 bits per heavy atom. The number of aromatic nitrogens is 2. The van der Waals surface area contributed by atoms with Gasteiger partial charge < -0.3 is 5.32 Å². The molecule has 1 aromatic carbocycles. The number of ketones is 1. The zero-order chi connectivity index (χ0) is 16.3. The molecule has 2 aromatic rings. The molecule has 0 radical (unpaired) electrons. The van der Waals surface area contributed by atoms with Crippen LogP contribution in [-0.4, -0.2) is 21.7 Å². The average molecular weight is 356 g/mol. The van der Waals surface area contributed by atoms with Gasteiger partial charge in [0.1, 0.15) is 5.78 Å². The highest BCUT2D eigenvalue weighted by Gasteiger charge is 2.21. The first kappa shape index (κ1) is 17.2. The van der Waals surface area contributed by atoms with Gasteiger partial charge in [0, 0.05) is 16.1 Å². The number of carbonyl (C=O) groups is 1. The number of hydrogen-bond acceptors (Lipinski definition) is 6. The van der Waals surface area contributed by atoms with Crippen LogP contribution in [0.4, 0.5) is 10.8 Å². The van der Waals surface area contributed by atoms with Crippen LogP contribution in [0.15, 0.2) is 22.5 Å².